The number of hydrogen-bond acceptors (Lipinski definition) is 3. The first-order valence-corrected chi connectivity index (χ1v) is 6.15. The van der Waals surface area contributed by atoms with Gasteiger partial charge in [-0.1, -0.05) is 18.2 Å². The van der Waals surface area contributed by atoms with Crippen LogP contribution in [0.3, 0.4) is 0 Å². The number of methoxy groups -OCH3 is 1. The number of phenols is 1. The highest BCUT2D eigenvalue weighted by atomic mass is 16.5. The molecule has 3 N–H and O–H groups in total. The van der Waals surface area contributed by atoms with E-state index in [0.717, 1.165) is 5.75 Å². The zero-order chi connectivity index (χ0) is 14.4. The molecule has 5 nitrogen and oxygen atoms in total. The average Bonchev–Trinajstić information content (AvgIpc) is 2.47. The summed E-state index contributed by atoms with van der Waals surface area (Å²) in [7, 11) is 1.58. The third kappa shape index (κ3) is 3.65. The number of urea groups is 1. The van der Waals surface area contributed by atoms with E-state index in [9.17, 15) is 9.90 Å². The third-order valence-corrected chi connectivity index (χ3v) is 2.78. The van der Waals surface area contributed by atoms with Gasteiger partial charge in [-0.25, -0.2) is 4.79 Å². The second kappa shape index (κ2) is 6.47. The van der Waals surface area contributed by atoms with Gasteiger partial charge in [-0.3, -0.25) is 0 Å². The maximum Gasteiger partial charge on any atom is 0.319 e. The van der Waals surface area contributed by atoms with Gasteiger partial charge < -0.3 is 20.5 Å². The van der Waals surface area contributed by atoms with Crippen molar-refractivity contribution in [1.82, 2.24) is 5.32 Å². The summed E-state index contributed by atoms with van der Waals surface area (Å²) >= 11 is 0. The second-order valence-corrected chi connectivity index (χ2v) is 4.16. The predicted molar refractivity (Wildman–Crippen MR) is 77.0 cm³/mol. The number of hydrogen-bond donors (Lipinski definition) is 3. The molecule has 0 spiro atoms. The molecule has 2 aromatic rings. The van der Waals surface area contributed by atoms with Crippen molar-refractivity contribution >= 4 is 11.7 Å². The molecule has 0 aliphatic rings. The maximum absolute atomic E-state index is 11.7. The molecular formula is C15H16N2O3. The molecule has 0 aromatic heterocycles. The van der Waals surface area contributed by atoms with Crippen molar-refractivity contribution < 1.29 is 14.6 Å². The third-order valence-electron chi connectivity index (χ3n) is 2.78. The average molecular weight is 272 g/mol. The summed E-state index contributed by atoms with van der Waals surface area (Å²) in [5.41, 5.74) is 1.33. The van der Waals surface area contributed by atoms with Crippen molar-refractivity contribution in [3.63, 3.8) is 0 Å². The fourth-order valence-electron chi connectivity index (χ4n) is 1.69. The number of phenolic OH excluding ortho intramolecular Hbond substituents is 1. The first kappa shape index (κ1) is 13.7. The standard InChI is InChI=1S/C15H16N2O3/c1-20-13-8-6-12(7-9-13)17-15(19)16-10-11-4-2-3-5-14(11)18/h2-9,18H,10H2,1H3,(H2,16,17,19). The molecule has 0 bridgehead atoms. The van der Waals surface area contributed by atoms with E-state index in [1.807, 2.05) is 0 Å². The van der Waals surface area contributed by atoms with Crippen LogP contribution < -0.4 is 15.4 Å². The quantitative estimate of drug-likeness (QED) is 0.801. The smallest absolute Gasteiger partial charge is 0.319 e. The summed E-state index contributed by atoms with van der Waals surface area (Å²) < 4.78 is 5.04. The van der Waals surface area contributed by atoms with Crippen molar-refractivity contribution in [2.75, 3.05) is 12.4 Å². The number of nitrogens with one attached hydrogen (secondary N) is 2. The van der Waals surface area contributed by atoms with Gasteiger partial charge in [0.2, 0.25) is 0 Å². The van der Waals surface area contributed by atoms with E-state index in [-0.39, 0.29) is 18.3 Å². The van der Waals surface area contributed by atoms with Gasteiger partial charge >= 0.3 is 6.03 Å². The highest BCUT2D eigenvalue weighted by molar-refractivity contribution is 5.89. The van der Waals surface area contributed by atoms with E-state index >= 15 is 0 Å². The largest absolute Gasteiger partial charge is 0.508 e. The van der Waals surface area contributed by atoms with Gasteiger partial charge in [-0.2, -0.15) is 0 Å². The number of ether oxygens (including phenoxy) is 1. The molecule has 104 valence electrons. The van der Waals surface area contributed by atoms with Crippen LogP contribution in [0.5, 0.6) is 11.5 Å². The molecule has 0 unspecified atom stereocenters. The van der Waals surface area contributed by atoms with Crippen LogP contribution >= 0.6 is 0 Å². The fraction of sp³-hybridized carbons (Fsp3) is 0.133. The summed E-state index contributed by atoms with van der Waals surface area (Å²) in [5, 5.41) is 15.0. The first-order valence-electron chi connectivity index (χ1n) is 6.15. The van der Waals surface area contributed by atoms with E-state index < -0.39 is 0 Å². The van der Waals surface area contributed by atoms with E-state index in [4.69, 9.17) is 4.74 Å². The Morgan fingerprint density at radius 3 is 2.50 bits per heavy atom. The summed E-state index contributed by atoms with van der Waals surface area (Å²) in [6, 6.07) is 13.6. The van der Waals surface area contributed by atoms with E-state index in [0.29, 0.717) is 11.3 Å². The normalized spacial score (nSPS) is 9.85. The monoisotopic (exact) mass is 272 g/mol. The minimum absolute atomic E-state index is 0.164. The zero-order valence-electron chi connectivity index (χ0n) is 11.1. The molecule has 2 rings (SSSR count). The number of aromatic hydroxyl groups is 1. The van der Waals surface area contributed by atoms with Gasteiger partial charge in [0.1, 0.15) is 11.5 Å². The van der Waals surface area contributed by atoms with Crippen molar-refractivity contribution in [3.05, 3.63) is 54.1 Å². The molecular weight excluding hydrogens is 256 g/mol. The number of rotatable bonds is 4. The van der Waals surface area contributed by atoms with E-state index in [1.54, 1.807) is 55.6 Å². The molecule has 5 heteroatoms. The highest BCUT2D eigenvalue weighted by Crippen LogP contribution is 2.16. The molecule has 20 heavy (non-hydrogen) atoms. The minimum atomic E-state index is -0.335. The lowest BCUT2D eigenvalue weighted by Gasteiger charge is -2.09. The van der Waals surface area contributed by atoms with Crippen LogP contribution in [0.15, 0.2) is 48.5 Å². The van der Waals surface area contributed by atoms with E-state index in [1.165, 1.54) is 0 Å². The Morgan fingerprint density at radius 1 is 1.15 bits per heavy atom. The topological polar surface area (TPSA) is 70.6 Å². The summed E-state index contributed by atoms with van der Waals surface area (Å²) in [5.74, 6) is 0.891. The Hall–Kier alpha value is -2.69. The number of benzene rings is 2. The lowest BCUT2D eigenvalue weighted by atomic mass is 10.2. The SMILES string of the molecule is COc1ccc(NC(=O)NCc2ccccc2O)cc1. The van der Waals surface area contributed by atoms with Crippen molar-refractivity contribution in [3.8, 4) is 11.5 Å². The van der Waals surface area contributed by atoms with Crippen LogP contribution in [0.25, 0.3) is 0 Å². The highest BCUT2D eigenvalue weighted by Gasteiger charge is 2.04. The Kier molecular flexibility index (Phi) is 4.44. The minimum Gasteiger partial charge on any atom is -0.508 e. The van der Waals surface area contributed by atoms with Crippen LogP contribution in [0, 0.1) is 0 Å². The Balaban J connectivity index is 1.87. The molecule has 2 amide bonds. The van der Waals surface area contributed by atoms with Gasteiger partial charge in [0.25, 0.3) is 0 Å². The van der Waals surface area contributed by atoms with Crippen molar-refractivity contribution in [1.29, 1.82) is 0 Å². The first-order chi connectivity index (χ1) is 9.69. The van der Waals surface area contributed by atoms with Gasteiger partial charge in [-0.15, -0.1) is 0 Å². The maximum atomic E-state index is 11.7. The number of amides is 2. The Labute approximate surface area is 117 Å². The van der Waals surface area contributed by atoms with Crippen LogP contribution in [0.1, 0.15) is 5.56 Å². The number of anilines is 1. The fourth-order valence-corrected chi connectivity index (χ4v) is 1.69. The Bertz CT molecular complexity index is 582. The van der Waals surface area contributed by atoms with Crippen LogP contribution in [-0.2, 0) is 6.54 Å². The predicted octanol–water partition coefficient (Wildman–Crippen LogP) is 2.72. The number of carbonyl (C=O) groups excluding carboxylic acids is 1. The second-order valence-electron chi connectivity index (χ2n) is 4.16. The summed E-state index contributed by atoms with van der Waals surface area (Å²) in [6.45, 7) is 0.259. The lowest BCUT2D eigenvalue weighted by Crippen LogP contribution is -2.28. The van der Waals surface area contributed by atoms with Gasteiger partial charge in [0, 0.05) is 17.8 Å². The van der Waals surface area contributed by atoms with Gasteiger partial charge in [0.15, 0.2) is 0 Å². The number of carbonyl (C=O) groups is 1. The molecule has 0 aliphatic heterocycles. The van der Waals surface area contributed by atoms with Crippen molar-refractivity contribution in [2.24, 2.45) is 0 Å². The lowest BCUT2D eigenvalue weighted by molar-refractivity contribution is 0.251. The Morgan fingerprint density at radius 2 is 1.85 bits per heavy atom. The zero-order valence-corrected chi connectivity index (χ0v) is 11.1. The molecule has 0 saturated heterocycles. The van der Waals surface area contributed by atoms with Gasteiger partial charge in [-0.05, 0) is 30.3 Å². The van der Waals surface area contributed by atoms with Crippen LogP contribution in [-0.4, -0.2) is 18.2 Å². The van der Waals surface area contributed by atoms with Crippen LogP contribution in [0.4, 0.5) is 10.5 Å². The molecule has 0 atom stereocenters. The van der Waals surface area contributed by atoms with E-state index in [2.05, 4.69) is 10.6 Å². The summed E-state index contributed by atoms with van der Waals surface area (Å²) in [4.78, 5) is 11.7. The van der Waals surface area contributed by atoms with Gasteiger partial charge in [0.05, 0.1) is 7.11 Å². The van der Waals surface area contributed by atoms with Crippen LogP contribution in [0.2, 0.25) is 0 Å². The summed E-state index contributed by atoms with van der Waals surface area (Å²) in [6.07, 6.45) is 0. The molecule has 0 aliphatic carbocycles. The molecule has 0 saturated carbocycles. The molecule has 2 aromatic carbocycles. The molecule has 0 fully saturated rings. The molecule has 0 radical (unpaired) electrons. The van der Waals surface area contributed by atoms with Crippen molar-refractivity contribution in [2.45, 2.75) is 6.54 Å². The number of para-hydroxylation sites is 1. The molecule has 0 heterocycles.